The maximum atomic E-state index is 5.81. The number of nitrogens with two attached hydrogens (primary N) is 1. The SMILES string of the molecule is CCCOc1ccc(-c2cnc3c(c2)NC(N)N3)cc1CC. The summed E-state index contributed by atoms with van der Waals surface area (Å²) in [6.07, 6.45) is 3.55. The minimum atomic E-state index is -0.270. The lowest BCUT2D eigenvalue weighted by Gasteiger charge is -2.12. The van der Waals surface area contributed by atoms with Crippen LogP contribution in [0.3, 0.4) is 0 Å². The van der Waals surface area contributed by atoms with Crippen molar-refractivity contribution in [2.45, 2.75) is 33.0 Å². The Morgan fingerprint density at radius 3 is 2.82 bits per heavy atom. The Morgan fingerprint density at radius 1 is 1.18 bits per heavy atom. The zero-order valence-electron chi connectivity index (χ0n) is 13.0. The third-order valence-electron chi connectivity index (χ3n) is 3.73. The van der Waals surface area contributed by atoms with Crippen LogP contribution in [0.4, 0.5) is 11.5 Å². The topological polar surface area (TPSA) is 72.2 Å². The summed E-state index contributed by atoms with van der Waals surface area (Å²) >= 11 is 0. The number of hydrogen-bond donors (Lipinski definition) is 3. The van der Waals surface area contributed by atoms with Gasteiger partial charge in [-0.3, -0.25) is 5.73 Å². The van der Waals surface area contributed by atoms with Gasteiger partial charge >= 0.3 is 0 Å². The van der Waals surface area contributed by atoms with Crippen LogP contribution >= 0.6 is 0 Å². The summed E-state index contributed by atoms with van der Waals surface area (Å²) in [6.45, 7) is 5.01. The Balaban J connectivity index is 1.90. The van der Waals surface area contributed by atoms with Gasteiger partial charge in [-0.1, -0.05) is 19.9 Å². The van der Waals surface area contributed by atoms with Crippen LogP contribution in [0, 0.1) is 0 Å². The van der Waals surface area contributed by atoms with Crippen molar-refractivity contribution in [1.82, 2.24) is 4.98 Å². The van der Waals surface area contributed by atoms with Crippen LogP contribution in [0.1, 0.15) is 25.8 Å². The van der Waals surface area contributed by atoms with E-state index in [-0.39, 0.29) is 6.29 Å². The molecule has 2 heterocycles. The van der Waals surface area contributed by atoms with Crippen LogP contribution < -0.4 is 21.1 Å². The van der Waals surface area contributed by atoms with Crippen LogP contribution in [-0.2, 0) is 6.42 Å². The summed E-state index contributed by atoms with van der Waals surface area (Å²) in [5, 5.41) is 6.22. The number of nitrogens with zero attached hydrogens (tertiary/aromatic N) is 1. The van der Waals surface area contributed by atoms with Crippen molar-refractivity contribution in [1.29, 1.82) is 0 Å². The highest BCUT2D eigenvalue weighted by molar-refractivity contribution is 5.77. The Morgan fingerprint density at radius 2 is 2.05 bits per heavy atom. The summed E-state index contributed by atoms with van der Waals surface area (Å²) in [7, 11) is 0. The second-order valence-electron chi connectivity index (χ2n) is 5.41. The van der Waals surface area contributed by atoms with Crippen molar-refractivity contribution < 1.29 is 4.74 Å². The van der Waals surface area contributed by atoms with Gasteiger partial charge in [-0.2, -0.15) is 0 Å². The molecular formula is C17H22N4O. The highest BCUT2D eigenvalue weighted by atomic mass is 16.5. The van der Waals surface area contributed by atoms with Gasteiger partial charge in [0.05, 0.1) is 12.3 Å². The fraction of sp³-hybridized carbons (Fsp3) is 0.353. The summed E-state index contributed by atoms with van der Waals surface area (Å²) < 4.78 is 5.80. The van der Waals surface area contributed by atoms with Crippen molar-refractivity contribution in [3.05, 3.63) is 36.0 Å². The molecule has 2 aromatic rings. The molecule has 0 bridgehead atoms. The van der Waals surface area contributed by atoms with E-state index in [1.165, 1.54) is 5.56 Å². The molecule has 22 heavy (non-hydrogen) atoms. The third-order valence-corrected chi connectivity index (χ3v) is 3.73. The lowest BCUT2D eigenvalue weighted by molar-refractivity contribution is 0.314. The zero-order valence-corrected chi connectivity index (χ0v) is 13.0. The van der Waals surface area contributed by atoms with Gasteiger partial charge in [-0.25, -0.2) is 4.98 Å². The Hall–Kier alpha value is -2.27. The van der Waals surface area contributed by atoms with E-state index in [9.17, 15) is 0 Å². The smallest absolute Gasteiger partial charge is 0.152 e. The minimum absolute atomic E-state index is 0.270. The Bertz CT molecular complexity index is 672. The first-order chi connectivity index (χ1) is 10.7. The molecule has 5 heteroatoms. The monoisotopic (exact) mass is 298 g/mol. The van der Waals surface area contributed by atoms with E-state index in [0.717, 1.165) is 47.8 Å². The molecule has 4 N–H and O–H groups in total. The van der Waals surface area contributed by atoms with Crippen molar-refractivity contribution >= 4 is 11.5 Å². The largest absolute Gasteiger partial charge is 0.493 e. The van der Waals surface area contributed by atoms with Crippen molar-refractivity contribution in [3.63, 3.8) is 0 Å². The zero-order chi connectivity index (χ0) is 15.5. The van der Waals surface area contributed by atoms with Gasteiger partial charge in [0.1, 0.15) is 5.75 Å². The normalized spacial score (nSPS) is 15.9. The van der Waals surface area contributed by atoms with Crippen LogP contribution in [0.2, 0.25) is 0 Å². The first-order valence-electron chi connectivity index (χ1n) is 7.76. The quantitative estimate of drug-likeness (QED) is 0.790. The maximum Gasteiger partial charge on any atom is 0.152 e. The number of hydrogen-bond acceptors (Lipinski definition) is 5. The lowest BCUT2D eigenvalue weighted by atomic mass is 10.0. The minimum Gasteiger partial charge on any atom is -0.493 e. The fourth-order valence-electron chi connectivity index (χ4n) is 2.59. The third kappa shape index (κ3) is 2.85. The molecule has 5 nitrogen and oxygen atoms in total. The average Bonchev–Trinajstić information content (AvgIpc) is 2.91. The van der Waals surface area contributed by atoms with Crippen molar-refractivity contribution in [2.75, 3.05) is 17.2 Å². The summed E-state index contributed by atoms with van der Waals surface area (Å²) in [5.74, 6) is 1.78. The maximum absolute atomic E-state index is 5.81. The predicted octanol–water partition coefficient (Wildman–Crippen LogP) is 3.18. The van der Waals surface area contributed by atoms with E-state index < -0.39 is 0 Å². The molecular weight excluding hydrogens is 276 g/mol. The number of fused-ring (bicyclic) bond motifs is 1. The molecule has 1 aromatic carbocycles. The highest BCUT2D eigenvalue weighted by Gasteiger charge is 2.17. The molecule has 1 atom stereocenters. The number of anilines is 2. The number of aryl methyl sites for hydroxylation is 1. The first-order valence-corrected chi connectivity index (χ1v) is 7.76. The molecule has 3 rings (SSSR count). The van der Waals surface area contributed by atoms with Crippen LogP contribution in [0.15, 0.2) is 30.5 Å². The predicted molar refractivity (Wildman–Crippen MR) is 90.1 cm³/mol. The molecule has 0 spiro atoms. The summed E-state index contributed by atoms with van der Waals surface area (Å²) in [4.78, 5) is 4.43. The second-order valence-corrected chi connectivity index (χ2v) is 5.41. The molecule has 0 aliphatic carbocycles. The molecule has 0 fully saturated rings. The number of benzene rings is 1. The van der Waals surface area contributed by atoms with E-state index in [4.69, 9.17) is 10.5 Å². The number of ether oxygens (including phenoxy) is 1. The van der Waals surface area contributed by atoms with Gasteiger partial charge in [0.15, 0.2) is 12.1 Å². The van der Waals surface area contributed by atoms with Crippen LogP contribution in [0.25, 0.3) is 11.1 Å². The molecule has 0 saturated carbocycles. The van der Waals surface area contributed by atoms with E-state index in [1.807, 2.05) is 6.20 Å². The molecule has 1 aliphatic heterocycles. The van der Waals surface area contributed by atoms with Gasteiger partial charge in [-0.05, 0) is 42.2 Å². The van der Waals surface area contributed by atoms with Gasteiger partial charge in [0.25, 0.3) is 0 Å². The van der Waals surface area contributed by atoms with Crippen molar-refractivity contribution in [3.8, 4) is 16.9 Å². The molecule has 116 valence electrons. The molecule has 0 saturated heterocycles. The molecule has 0 amide bonds. The second kappa shape index (κ2) is 6.23. The van der Waals surface area contributed by atoms with Gasteiger partial charge in [0.2, 0.25) is 0 Å². The average molecular weight is 298 g/mol. The Labute approximate surface area is 130 Å². The van der Waals surface area contributed by atoms with Gasteiger partial charge < -0.3 is 15.4 Å². The summed E-state index contributed by atoms with van der Waals surface area (Å²) in [6, 6.07) is 8.38. The number of nitrogens with one attached hydrogen (secondary N) is 2. The van der Waals surface area contributed by atoms with E-state index in [2.05, 4.69) is 53.7 Å². The number of rotatable bonds is 5. The fourth-order valence-corrected chi connectivity index (χ4v) is 2.59. The van der Waals surface area contributed by atoms with E-state index in [1.54, 1.807) is 0 Å². The van der Waals surface area contributed by atoms with Crippen molar-refractivity contribution in [2.24, 2.45) is 5.73 Å². The van der Waals surface area contributed by atoms with Gasteiger partial charge in [-0.15, -0.1) is 0 Å². The number of aromatic nitrogens is 1. The van der Waals surface area contributed by atoms with Crippen LogP contribution in [-0.4, -0.2) is 17.9 Å². The molecule has 0 radical (unpaired) electrons. The highest BCUT2D eigenvalue weighted by Crippen LogP contribution is 2.32. The van der Waals surface area contributed by atoms with E-state index in [0.29, 0.717) is 0 Å². The molecule has 1 aromatic heterocycles. The van der Waals surface area contributed by atoms with Gasteiger partial charge in [0, 0.05) is 11.8 Å². The first kappa shape index (κ1) is 14.7. The standard InChI is InChI=1S/C17H22N4O/c1-3-7-22-15-6-5-12(8-11(15)4-2)13-9-14-16(19-10-13)21-17(18)20-14/h5-6,8-10,17,20H,3-4,7,18H2,1-2H3,(H,19,21). The van der Waals surface area contributed by atoms with E-state index >= 15 is 0 Å². The molecule has 1 aliphatic rings. The molecule has 1 unspecified atom stereocenters. The Kier molecular flexibility index (Phi) is 4.15. The number of pyridine rings is 1. The van der Waals surface area contributed by atoms with Crippen LogP contribution in [0.5, 0.6) is 5.75 Å². The lowest BCUT2D eigenvalue weighted by Crippen LogP contribution is -2.32. The summed E-state index contributed by atoms with van der Waals surface area (Å²) in [5.41, 5.74) is 10.2.